The molecule has 13 heteroatoms. The third-order valence-electron chi connectivity index (χ3n) is 5.25. The van der Waals surface area contributed by atoms with Crippen LogP contribution in [-0.2, 0) is 9.53 Å². The largest absolute Gasteiger partial charge is 0.450 e. The van der Waals surface area contributed by atoms with E-state index in [1.54, 1.807) is 13.0 Å². The lowest BCUT2D eigenvalue weighted by molar-refractivity contribution is -0.114. The molecule has 1 aromatic carbocycles. The second kappa shape index (κ2) is 10.6. The lowest BCUT2D eigenvalue weighted by Crippen LogP contribution is -2.36. The Labute approximate surface area is 209 Å². The molecule has 4 rings (SSSR count). The fourth-order valence-electron chi connectivity index (χ4n) is 3.37. The van der Waals surface area contributed by atoms with E-state index in [1.165, 1.54) is 24.9 Å². The van der Waals surface area contributed by atoms with E-state index in [-0.39, 0.29) is 28.1 Å². The maximum Gasteiger partial charge on any atom is 0.414 e. The van der Waals surface area contributed by atoms with Crippen molar-refractivity contribution in [2.75, 3.05) is 12.0 Å². The molecule has 0 saturated heterocycles. The molecule has 1 aliphatic rings. The zero-order valence-electron chi connectivity index (χ0n) is 18.4. The number of hydrogen-bond donors (Lipinski definition) is 2. The molecule has 0 bridgehead atoms. The van der Waals surface area contributed by atoms with Gasteiger partial charge in [0.05, 0.1) is 27.7 Å². The number of benzene rings is 1. The Morgan fingerprint density at radius 2 is 2.03 bits per heavy atom. The van der Waals surface area contributed by atoms with E-state index < -0.39 is 17.7 Å². The molecule has 2 N–H and O–H groups in total. The average molecular weight is 516 g/mol. The van der Waals surface area contributed by atoms with Gasteiger partial charge in [-0.3, -0.25) is 15.5 Å². The van der Waals surface area contributed by atoms with Crippen LogP contribution in [-0.4, -0.2) is 38.9 Å². The van der Waals surface area contributed by atoms with Crippen molar-refractivity contribution in [2.24, 2.45) is 5.10 Å². The quantitative estimate of drug-likeness (QED) is 0.336. The minimum absolute atomic E-state index is 0.0642. The van der Waals surface area contributed by atoms with Crippen molar-refractivity contribution in [2.45, 2.75) is 32.2 Å². The van der Waals surface area contributed by atoms with Crippen molar-refractivity contribution >= 4 is 57.6 Å². The topological polar surface area (TPSA) is 144 Å². The molecule has 0 radical (unpaired) electrons. The number of rotatable bonds is 7. The number of alkyl carbamates (subject to hydrolysis) is 1. The monoisotopic (exact) mass is 515 g/mol. The number of imide groups is 1. The number of fused-ring (bicyclic) bond motifs is 1. The SMILES string of the molecule is CCOC(=O)NC(=O)/C(C#N)=N/Nc1cc(Cl)c(Oc2ncnc3c2ccn3C2CCC2)c(Cl)c1. The van der Waals surface area contributed by atoms with Gasteiger partial charge < -0.3 is 14.0 Å². The number of nitrogens with zero attached hydrogens (tertiary/aromatic N) is 5. The van der Waals surface area contributed by atoms with Crippen molar-refractivity contribution in [1.29, 1.82) is 5.26 Å². The normalized spacial score (nSPS) is 13.6. The summed E-state index contributed by atoms with van der Waals surface area (Å²) in [6.07, 6.45) is 5.81. The van der Waals surface area contributed by atoms with Crippen LogP contribution >= 0.6 is 23.2 Å². The van der Waals surface area contributed by atoms with Crippen molar-refractivity contribution in [3.8, 4) is 17.7 Å². The maximum absolute atomic E-state index is 12.0. The second-order valence-electron chi connectivity index (χ2n) is 7.45. The summed E-state index contributed by atoms with van der Waals surface area (Å²) < 4.78 is 12.7. The van der Waals surface area contributed by atoms with Gasteiger partial charge in [-0.05, 0) is 44.4 Å². The van der Waals surface area contributed by atoms with Crippen LogP contribution in [0.4, 0.5) is 10.5 Å². The van der Waals surface area contributed by atoms with Crippen LogP contribution in [0.25, 0.3) is 11.0 Å². The standard InChI is InChI=1S/C22H19Cl2N7O4/c1-2-34-22(33)28-20(32)17(10-25)30-29-12-8-15(23)18(16(24)9-12)35-21-14-6-7-31(13-4-3-5-13)19(14)26-11-27-21/h6-9,11,13,29H,2-5H2,1H3,(H,28,32,33)/b30-17+. The molecule has 2 aromatic heterocycles. The summed E-state index contributed by atoms with van der Waals surface area (Å²) >= 11 is 12.8. The van der Waals surface area contributed by atoms with Gasteiger partial charge in [0.2, 0.25) is 11.6 Å². The Balaban J connectivity index is 1.52. The number of anilines is 1. The Kier molecular flexibility index (Phi) is 7.33. The summed E-state index contributed by atoms with van der Waals surface area (Å²) in [5.41, 5.74) is 2.94. The molecule has 3 aromatic rings. The van der Waals surface area contributed by atoms with Crippen LogP contribution in [0.3, 0.4) is 0 Å². The smallest absolute Gasteiger partial charge is 0.414 e. The van der Waals surface area contributed by atoms with Gasteiger partial charge in [0.1, 0.15) is 18.0 Å². The number of nitriles is 1. The van der Waals surface area contributed by atoms with E-state index in [0.717, 1.165) is 23.9 Å². The van der Waals surface area contributed by atoms with Crippen LogP contribution in [0.1, 0.15) is 32.2 Å². The number of hydrazone groups is 1. The van der Waals surface area contributed by atoms with E-state index in [4.69, 9.17) is 33.2 Å². The Morgan fingerprint density at radius 3 is 2.66 bits per heavy atom. The van der Waals surface area contributed by atoms with E-state index in [0.29, 0.717) is 11.9 Å². The van der Waals surface area contributed by atoms with Crippen molar-refractivity contribution < 1.29 is 19.1 Å². The van der Waals surface area contributed by atoms with E-state index >= 15 is 0 Å². The molecule has 0 aliphatic heterocycles. The molecule has 180 valence electrons. The van der Waals surface area contributed by atoms with Gasteiger partial charge in [0.15, 0.2) is 5.75 Å². The molecule has 1 saturated carbocycles. The van der Waals surface area contributed by atoms with Crippen LogP contribution in [0, 0.1) is 11.3 Å². The number of aromatic nitrogens is 3. The zero-order valence-corrected chi connectivity index (χ0v) is 19.9. The highest BCUT2D eigenvalue weighted by Gasteiger charge is 2.23. The summed E-state index contributed by atoms with van der Waals surface area (Å²) in [6.45, 7) is 1.64. The third-order valence-corrected chi connectivity index (χ3v) is 5.81. The molecule has 0 spiro atoms. The fraction of sp³-hybridized carbons (Fsp3) is 0.273. The van der Waals surface area contributed by atoms with Crippen molar-refractivity contribution in [3.05, 3.63) is 40.8 Å². The number of carbonyl (C=O) groups is 2. The molecule has 2 amide bonds. The number of hydrogen-bond acceptors (Lipinski definition) is 9. The third kappa shape index (κ3) is 5.29. The summed E-state index contributed by atoms with van der Waals surface area (Å²) in [6, 6.07) is 6.79. The lowest BCUT2D eigenvalue weighted by atomic mass is 9.93. The van der Waals surface area contributed by atoms with Crippen LogP contribution in [0.2, 0.25) is 10.0 Å². The first-order valence-electron chi connectivity index (χ1n) is 10.6. The number of carbonyl (C=O) groups excluding carboxylic acids is 2. The van der Waals surface area contributed by atoms with Gasteiger partial charge in [-0.15, -0.1) is 0 Å². The molecule has 0 atom stereocenters. The first-order valence-corrected chi connectivity index (χ1v) is 11.4. The molecule has 0 unspecified atom stereocenters. The van der Waals surface area contributed by atoms with Gasteiger partial charge in [-0.25, -0.2) is 14.8 Å². The van der Waals surface area contributed by atoms with E-state index in [1.807, 2.05) is 17.6 Å². The van der Waals surface area contributed by atoms with Gasteiger partial charge in [0.25, 0.3) is 5.91 Å². The minimum atomic E-state index is -1.03. The van der Waals surface area contributed by atoms with Gasteiger partial charge in [-0.1, -0.05) is 23.2 Å². The van der Waals surface area contributed by atoms with Gasteiger partial charge in [0, 0.05) is 12.2 Å². The lowest BCUT2D eigenvalue weighted by Gasteiger charge is -2.27. The van der Waals surface area contributed by atoms with E-state index in [9.17, 15) is 9.59 Å². The first kappa shape index (κ1) is 24.3. The number of halogens is 2. The summed E-state index contributed by atoms with van der Waals surface area (Å²) in [5, 5.41) is 15.7. The highest BCUT2D eigenvalue weighted by atomic mass is 35.5. The number of ether oxygens (including phenoxy) is 2. The highest BCUT2D eigenvalue weighted by Crippen LogP contribution is 2.41. The molecule has 1 fully saturated rings. The zero-order chi connectivity index (χ0) is 24.9. The number of nitrogens with one attached hydrogen (secondary N) is 2. The molecule has 11 nitrogen and oxygen atoms in total. The van der Waals surface area contributed by atoms with E-state index in [2.05, 4.69) is 29.8 Å². The molecule has 1 aliphatic carbocycles. The summed E-state index contributed by atoms with van der Waals surface area (Å²) in [4.78, 5) is 31.9. The minimum Gasteiger partial charge on any atom is -0.450 e. The Morgan fingerprint density at radius 1 is 1.29 bits per heavy atom. The first-order chi connectivity index (χ1) is 16.9. The molecular weight excluding hydrogens is 497 g/mol. The predicted molar refractivity (Wildman–Crippen MR) is 129 cm³/mol. The molecular formula is C22H19Cl2N7O4. The Bertz CT molecular complexity index is 1340. The van der Waals surface area contributed by atoms with Gasteiger partial charge >= 0.3 is 6.09 Å². The molecule has 35 heavy (non-hydrogen) atoms. The maximum atomic E-state index is 12.0. The summed E-state index contributed by atoms with van der Waals surface area (Å²) in [7, 11) is 0. The van der Waals surface area contributed by atoms with Crippen LogP contribution in [0.5, 0.6) is 11.6 Å². The van der Waals surface area contributed by atoms with Crippen LogP contribution < -0.4 is 15.5 Å². The highest BCUT2D eigenvalue weighted by molar-refractivity contribution is 6.47. The number of amides is 2. The fourth-order valence-corrected chi connectivity index (χ4v) is 3.94. The average Bonchev–Trinajstić information content (AvgIpc) is 3.20. The summed E-state index contributed by atoms with van der Waals surface area (Å²) in [5.74, 6) is -0.560. The van der Waals surface area contributed by atoms with Crippen molar-refractivity contribution in [3.63, 3.8) is 0 Å². The van der Waals surface area contributed by atoms with Gasteiger partial charge in [-0.2, -0.15) is 10.4 Å². The molecule has 2 heterocycles. The predicted octanol–water partition coefficient (Wildman–Crippen LogP) is 4.82. The van der Waals surface area contributed by atoms with Crippen LogP contribution in [0.15, 0.2) is 35.8 Å². The second-order valence-corrected chi connectivity index (χ2v) is 8.27. The Hall–Kier alpha value is -3.88. The van der Waals surface area contributed by atoms with Crippen molar-refractivity contribution in [1.82, 2.24) is 19.9 Å².